The fraction of sp³-hybridized carbons (Fsp3) is 0.667. The fourth-order valence-corrected chi connectivity index (χ4v) is 3.41. The highest BCUT2D eigenvalue weighted by atomic mass is 16.5. The summed E-state index contributed by atoms with van der Waals surface area (Å²) >= 11 is 0. The molecule has 0 atom stereocenters. The summed E-state index contributed by atoms with van der Waals surface area (Å²) in [4.78, 5) is 0. The van der Waals surface area contributed by atoms with Crippen molar-refractivity contribution in [3.63, 3.8) is 0 Å². The Morgan fingerprint density at radius 3 is 2.20 bits per heavy atom. The fourth-order valence-electron chi connectivity index (χ4n) is 3.41. The number of benzene rings is 1. The third-order valence-electron chi connectivity index (χ3n) is 5.56. The molecule has 1 aromatic rings. The standard InChI is InChI=1S/C18H29NO/c1-5-17(2,3)14-10-12-18(19,13-11-14)15-6-8-16(20-4)9-7-15/h6-9,14H,5,10-13,19H2,1-4H3. The molecule has 1 aliphatic rings. The molecular formula is C18H29NO. The van der Waals surface area contributed by atoms with Crippen LogP contribution in [0.15, 0.2) is 24.3 Å². The van der Waals surface area contributed by atoms with Crippen LogP contribution in [0.3, 0.4) is 0 Å². The van der Waals surface area contributed by atoms with Gasteiger partial charge in [0.15, 0.2) is 0 Å². The molecule has 1 aliphatic carbocycles. The third kappa shape index (κ3) is 3.01. The van der Waals surface area contributed by atoms with E-state index in [1.165, 1.54) is 24.8 Å². The van der Waals surface area contributed by atoms with Gasteiger partial charge in [0.25, 0.3) is 0 Å². The minimum atomic E-state index is -0.146. The van der Waals surface area contributed by atoms with Crippen LogP contribution >= 0.6 is 0 Å². The van der Waals surface area contributed by atoms with Gasteiger partial charge in [0.2, 0.25) is 0 Å². The van der Waals surface area contributed by atoms with Crippen molar-refractivity contribution < 1.29 is 4.74 Å². The van der Waals surface area contributed by atoms with E-state index in [2.05, 4.69) is 32.9 Å². The van der Waals surface area contributed by atoms with E-state index >= 15 is 0 Å². The molecule has 0 bridgehead atoms. The Bertz CT molecular complexity index is 427. The summed E-state index contributed by atoms with van der Waals surface area (Å²) in [5.41, 5.74) is 8.23. The highest BCUT2D eigenvalue weighted by molar-refractivity contribution is 5.32. The topological polar surface area (TPSA) is 35.2 Å². The van der Waals surface area contributed by atoms with Gasteiger partial charge in [0.05, 0.1) is 7.11 Å². The van der Waals surface area contributed by atoms with E-state index in [9.17, 15) is 0 Å². The number of hydrogen-bond donors (Lipinski definition) is 1. The Labute approximate surface area is 123 Å². The maximum Gasteiger partial charge on any atom is 0.118 e. The lowest BCUT2D eigenvalue weighted by Gasteiger charge is -2.43. The van der Waals surface area contributed by atoms with Gasteiger partial charge in [-0.3, -0.25) is 0 Å². The molecule has 0 saturated heterocycles. The smallest absolute Gasteiger partial charge is 0.118 e. The van der Waals surface area contributed by atoms with Crippen molar-refractivity contribution in [1.82, 2.24) is 0 Å². The van der Waals surface area contributed by atoms with Crippen molar-refractivity contribution in [2.75, 3.05) is 7.11 Å². The number of nitrogens with two attached hydrogens (primary N) is 1. The van der Waals surface area contributed by atoms with Gasteiger partial charge < -0.3 is 10.5 Å². The van der Waals surface area contributed by atoms with Gasteiger partial charge in [-0.05, 0) is 54.7 Å². The van der Waals surface area contributed by atoms with Gasteiger partial charge in [-0.15, -0.1) is 0 Å². The molecule has 2 heteroatoms. The summed E-state index contributed by atoms with van der Waals surface area (Å²) in [6.45, 7) is 7.09. The van der Waals surface area contributed by atoms with Crippen molar-refractivity contribution in [1.29, 1.82) is 0 Å². The second-order valence-corrected chi connectivity index (χ2v) is 7.00. The van der Waals surface area contributed by atoms with Crippen LogP contribution < -0.4 is 10.5 Å². The van der Waals surface area contributed by atoms with Crippen molar-refractivity contribution >= 4 is 0 Å². The third-order valence-corrected chi connectivity index (χ3v) is 5.56. The van der Waals surface area contributed by atoms with Gasteiger partial charge in [-0.1, -0.05) is 39.3 Å². The molecule has 112 valence electrons. The van der Waals surface area contributed by atoms with Crippen molar-refractivity contribution in [3.8, 4) is 5.75 Å². The first-order valence-corrected chi connectivity index (χ1v) is 7.85. The summed E-state index contributed by atoms with van der Waals surface area (Å²) in [5.74, 6) is 1.71. The highest BCUT2D eigenvalue weighted by Crippen LogP contribution is 2.45. The monoisotopic (exact) mass is 275 g/mol. The Morgan fingerprint density at radius 2 is 1.75 bits per heavy atom. The summed E-state index contributed by atoms with van der Waals surface area (Å²) in [7, 11) is 1.70. The molecule has 0 spiro atoms. The van der Waals surface area contributed by atoms with Crippen LogP contribution in [0.2, 0.25) is 0 Å². The minimum absolute atomic E-state index is 0.146. The lowest BCUT2D eigenvalue weighted by atomic mass is 9.64. The molecule has 0 heterocycles. The first-order valence-electron chi connectivity index (χ1n) is 7.85. The number of rotatable bonds is 4. The second-order valence-electron chi connectivity index (χ2n) is 7.00. The molecule has 2 rings (SSSR count). The number of methoxy groups -OCH3 is 1. The summed E-state index contributed by atoms with van der Waals surface area (Å²) in [6.07, 6.45) is 5.91. The Hall–Kier alpha value is -1.02. The van der Waals surface area contributed by atoms with E-state index in [1.807, 2.05) is 12.1 Å². The van der Waals surface area contributed by atoms with Crippen LogP contribution in [-0.2, 0) is 5.54 Å². The molecule has 0 amide bonds. The van der Waals surface area contributed by atoms with Crippen molar-refractivity contribution in [2.24, 2.45) is 17.1 Å². The van der Waals surface area contributed by atoms with E-state index in [4.69, 9.17) is 10.5 Å². The quantitative estimate of drug-likeness (QED) is 0.879. The van der Waals surface area contributed by atoms with E-state index in [-0.39, 0.29) is 5.54 Å². The maximum absolute atomic E-state index is 6.68. The van der Waals surface area contributed by atoms with E-state index in [0.717, 1.165) is 24.5 Å². The molecule has 1 aromatic carbocycles. The number of ether oxygens (including phenoxy) is 1. The summed E-state index contributed by atoms with van der Waals surface area (Å²) in [6, 6.07) is 8.30. The molecule has 1 fully saturated rings. The largest absolute Gasteiger partial charge is 0.497 e. The highest BCUT2D eigenvalue weighted by Gasteiger charge is 2.38. The first-order chi connectivity index (χ1) is 9.41. The molecule has 0 unspecified atom stereocenters. The van der Waals surface area contributed by atoms with Crippen molar-refractivity contribution in [2.45, 2.75) is 58.4 Å². The Morgan fingerprint density at radius 1 is 1.20 bits per heavy atom. The predicted octanol–water partition coefficient (Wildman–Crippen LogP) is 4.48. The molecule has 20 heavy (non-hydrogen) atoms. The lowest BCUT2D eigenvalue weighted by Crippen LogP contribution is -2.42. The normalized spacial score (nSPS) is 27.4. The Kier molecular flexibility index (Phi) is 4.43. The summed E-state index contributed by atoms with van der Waals surface area (Å²) in [5, 5.41) is 0. The van der Waals surface area contributed by atoms with Crippen LogP contribution in [-0.4, -0.2) is 7.11 Å². The zero-order valence-electron chi connectivity index (χ0n) is 13.4. The van der Waals surface area contributed by atoms with Crippen LogP contribution in [0.25, 0.3) is 0 Å². The van der Waals surface area contributed by atoms with E-state index in [0.29, 0.717) is 5.41 Å². The van der Waals surface area contributed by atoms with Crippen LogP contribution in [0, 0.1) is 11.3 Å². The average molecular weight is 275 g/mol. The van der Waals surface area contributed by atoms with Crippen LogP contribution in [0.1, 0.15) is 58.4 Å². The molecule has 2 nitrogen and oxygen atoms in total. The van der Waals surface area contributed by atoms with Crippen molar-refractivity contribution in [3.05, 3.63) is 29.8 Å². The minimum Gasteiger partial charge on any atom is -0.497 e. The Balaban J connectivity index is 2.07. The molecular weight excluding hydrogens is 246 g/mol. The van der Waals surface area contributed by atoms with Gasteiger partial charge in [-0.25, -0.2) is 0 Å². The van der Waals surface area contributed by atoms with Crippen LogP contribution in [0.5, 0.6) is 5.75 Å². The van der Waals surface area contributed by atoms with E-state index < -0.39 is 0 Å². The first kappa shape index (κ1) is 15.4. The molecule has 1 saturated carbocycles. The maximum atomic E-state index is 6.68. The number of hydrogen-bond acceptors (Lipinski definition) is 2. The van der Waals surface area contributed by atoms with Crippen LogP contribution in [0.4, 0.5) is 0 Å². The molecule has 0 aliphatic heterocycles. The average Bonchev–Trinajstić information content (AvgIpc) is 2.48. The van der Waals surface area contributed by atoms with Gasteiger partial charge >= 0.3 is 0 Å². The van der Waals surface area contributed by atoms with E-state index in [1.54, 1.807) is 7.11 Å². The van der Waals surface area contributed by atoms with Gasteiger partial charge in [-0.2, -0.15) is 0 Å². The lowest BCUT2D eigenvalue weighted by molar-refractivity contribution is 0.115. The zero-order chi connectivity index (χ0) is 14.8. The zero-order valence-corrected chi connectivity index (χ0v) is 13.4. The molecule has 2 N–H and O–H groups in total. The molecule has 0 aromatic heterocycles. The molecule has 0 radical (unpaired) electrons. The summed E-state index contributed by atoms with van der Waals surface area (Å²) < 4.78 is 5.22. The van der Waals surface area contributed by atoms with Gasteiger partial charge in [0.1, 0.15) is 5.75 Å². The van der Waals surface area contributed by atoms with Gasteiger partial charge in [0, 0.05) is 5.54 Å². The SMILES string of the molecule is CCC(C)(C)C1CCC(N)(c2ccc(OC)cc2)CC1. The second kappa shape index (κ2) is 5.77. The predicted molar refractivity (Wildman–Crippen MR) is 84.9 cm³/mol.